The number of nitrogens with one attached hydrogen (secondary N) is 1. The molecule has 0 saturated carbocycles. The largest absolute Gasteiger partial charge is 0.463 e. The van der Waals surface area contributed by atoms with Crippen LogP contribution in [-0.2, 0) is 11.0 Å². The standard InChI is InChI=1S/C10H4BrF8NO/c11-4-1-2-6(5(3-4)9(14,15)16)20-7(21)8(12,13)10(17,18)19/h1-3H,(H,20,21). The first kappa shape index (κ1) is 17.7. The summed E-state index contributed by atoms with van der Waals surface area (Å²) in [5.41, 5.74) is -2.78. The zero-order valence-electron chi connectivity index (χ0n) is 9.54. The summed E-state index contributed by atoms with van der Waals surface area (Å²) in [6, 6.07) is 1.93. The Bertz CT molecular complexity index is 551. The Hall–Kier alpha value is -1.39. The number of hydrogen-bond donors (Lipinski definition) is 1. The van der Waals surface area contributed by atoms with Gasteiger partial charge < -0.3 is 5.32 Å². The van der Waals surface area contributed by atoms with E-state index in [0.717, 1.165) is 11.4 Å². The van der Waals surface area contributed by atoms with E-state index in [1.807, 2.05) is 0 Å². The number of alkyl halides is 8. The summed E-state index contributed by atoms with van der Waals surface area (Å²) in [4.78, 5) is 10.9. The van der Waals surface area contributed by atoms with Crippen LogP contribution < -0.4 is 5.32 Å². The third-order valence-electron chi connectivity index (χ3n) is 2.18. The Kier molecular flexibility index (Phi) is 4.56. The molecule has 0 unspecified atom stereocenters. The normalized spacial score (nSPS) is 13.2. The van der Waals surface area contributed by atoms with E-state index >= 15 is 0 Å². The van der Waals surface area contributed by atoms with Crippen LogP contribution in [0, 0.1) is 0 Å². The van der Waals surface area contributed by atoms with E-state index in [1.54, 1.807) is 0 Å². The smallest absolute Gasteiger partial charge is 0.320 e. The first-order chi connectivity index (χ1) is 9.26. The molecule has 0 bridgehead atoms. The summed E-state index contributed by atoms with van der Waals surface area (Å²) in [5, 5.41) is 0.941. The number of benzene rings is 1. The third kappa shape index (κ3) is 3.83. The first-order valence-corrected chi connectivity index (χ1v) is 5.69. The van der Waals surface area contributed by atoms with Gasteiger partial charge in [0.25, 0.3) is 0 Å². The van der Waals surface area contributed by atoms with Crippen molar-refractivity contribution in [2.24, 2.45) is 0 Å². The van der Waals surface area contributed by atoms with Crippen molar-refractivity contribution in [3.8, 4) is 0 Å². The monoisotopic (exact) mass is 385 g/mol. The number of carbonyl (C=O) groups is 1. The molecule has 0 aliphatic heterocycles. The van der Waals surface area contributed by atoms with Crippen molar-refractivity contribution in [2.75, 3.05) is 5.32 Å². The fourth-order valence-corrected chi connectivity index (χ4v) is 1.55. The number of hydrogen-bond acceptors (Lipinski definition) is 1. The summed E-state index contributed by atoms with van der Waals surface area (Å²) in [5.74, 6) is -8.72. The van der Waals surface area contributed by atoms with Crippen LogP contribution in [0.1, 0.15) is 5.56 Å². The van der Waals surface area contributed by atoms with E-state index in [1.165, 1.54) is 0 Å². The van der Waals surface area contributed by atoms with Crippen LogP contribution in [0.4, 0.5) is 40.8 Å². The zero-order valence-corrected chi connectivity index (χ0v) is 11.1. The second kappa shape index (κ2) is 5.43. The van der Waals surface area contributed by atoms with Gasteiger partial charge in [0, 0.05) is 4.47 Å². The van der Waals surface area contributed by atoms with E-state index in [4.69, 9.17) is 0 Å². The van der Waals surface area contributed by atoms with Crippen LogP contribution in [0.5, 0.6) is 0 Å². The average molecular weight is 386 g/mol. The average Bonchev–Trinajstić information content (AvgIpc) is 2.28. The van der Waals surface area contributed by atoms with Gasteiger partial charge in [0.05, 0.1) is 11.3 Å². The zero-order chi connectivity index (χ0) is 16.6. The van der Waals surface area contributed by atoms with Gasteiger partial charge >= 0.3 is 24.2 Å². The molecule has 21 heavy (non-hydrogen) atoms. The molecule has 0 aliphatic carbocycles. The summed E-state index contributed by atoms with van der Waals surface area (Å²) in [6.07, 6.45) is -11.3. The quantitative estimate of drug-likeness (QED) is 0.740. The minimum absolute atomic E-state index is 0.101. The summed E-state index contributed by atoms with van der Waals surface area (Å²) in [7, 11) is 0. The molecule has 1 amide bonds. The summed E-state index contributed by atoms with van der Waals surface area (Å²) in [6.45, 7) is 0. The van der Waals surface area contributed by atoms with Crippen molar-refractivity contribution in [3.05, 3.63) is 28.2 Å². The van der Waals surface area contributed by atoms with Crippen molar-refractivity contribution >= 4 is 27.5 Å². The molecular weight excluding hydrogens is 382 g/mol. The molecule has 11 heteroatoms. The molecule has 0 aromatic heterocycles. The second-order valence-electron chi connectivity index (χ2n) is 3.71. The molecule has 0 heterocycles. The Morgan fingerprint density at radius 2 is 1.52 bits per heavy atom. The minimum Gasteiger partial charge on any atom is -0.320 e. The van der Waals surface area contributed by atoms with E-state index in [-0.39, 0.29) is 4.47 Å². The number of carbonyl (C=O) groups excluding carboxylic acids is 1. The molecule has 1 aromatic carbocycles. The molecule has 0 saturated heterocycles. The van der Waals surface area contributed by atoms with Gasteiger partial charge in [-0.1, -0.05) is 15.9 Å². The molecule has 1 aromatic rings. The predicted octanol–water partition coefficient (Wildman–Crippen LogP) is 4.60. The summed E-state index contributed by atoms with van der Waals surface area (Å²) < 4.78 is 99.0. The highest BCUT2D eigenvalue weighted by Crippen LogP contribution is 2.39. The Morgan fingerprint density at radius 3 is 1.95 bits per heavy atom. The van der Waals surface area contributed by atoms with Gasteiger partial charge in [0.2, 0.25) is 0 Å². The van der Waals surface area contributed by atoms with Crippen LogP contribution in [0.25, 0.3) is 0 Å². The lowest BCUT2D eigenvalue weighted by Gasteiger charge is -2.20. The van der Waals surface area contributed by atoms with E-state index < -0.39 is 35.4 Å². The van der Waals surface area contributed by atoms with Gasteiger partial charge in [-0.25, -0.2) is 0 Å². The highest BCUT2D eigenvalue weighted by molar-refractivity contribution is 9.10. The van der Waals surface area contributed by atoms with E-state index in [2.05, 4.69) is 15.9 Å². The van der Waals surface area contributed by atoms with Gasteiger partial charge in [0.1, 0.15) is 0 Å². The predicted molar refractivity (Wildman–Crippen MR) is 58.8 cm³/mol. The second-order valence-corrected chi connectivity index (χ2v) is 4.63. The number of halogens is 9. The van der Waals surface area contributed by atoms with Gasteiger partial charge in [-0.15, -0.1) is 0 Å². The molecular formula is C10H4BrF8NO. The maximum Gasteiger partial charge on any atom is 0.463 e. The molecule has 118 valence electrons. The van der Waals surface area contributed by atoms with Gasteiger partial charge in [-0.05, 0) is 18.2 Å². The molecule has 2 nitrogen and oxygen atoms in total. The van der Waals surface area contributed by atoms with Gasteiger partial charge in [0.15, 0.2) is 0 Å². The Morgan fingerprint density at radius 1 is 1.00 bits per heavy atom. The molecule has 0 atom stereocenters. The number of rotatable bonds is 2. The fourth-order valence-electron chi connectivity index (χ4n) is 1.19. The highest BCUT2D eigenvalue weighted by atomic mass is 79.9. The lowest BCUT2D eigenvalue weighted by Crippen LogP contribution is -2.47. The van der Waals surface area contributed by atoms with Crippen LogP contribution >= 0.6 is 15.9 Å². The number of anilines is 1. The van der Waals surface area contributed by atoms with Crippen molar-refractivity contribution in [1.82, 2.24) is 0 Å². The van der Waals surface area contributed by atoms with Crippen molar-refractivity contribution in [1.29, 1.82) is 0 Å². The SMILES string of the molecule is O=C(Nc1ccc(Br)cc1C(F)(F)F)C(F)(F)C(F)(F)F. The lowest BCUT2D eigenvalue weighted by atomic mass is 10.1. The molecule has 0 spiro atoms. The lowest BCUT2D eigenvalue weighted by molar-refractivity contribution is -0.267. The molecule has 0 radical (unpaired) electrons. The Labute approximate surface area is 120 Å². The minimum atomic E-state index is -6.22. The van der Waals surface area contributed by atoms with Crippen LogP contribution in [0.15, 0.2) is 22.7 Å². The van der Waals surface area contributed by atoms with E-state index in [9.17, 15) is 39.9 Å². The maximum absolute atomic E-state index is 12.7. The third-order valence-corrected chi connectivity index (χ3v) is 2.67. The van der Waals surface area contributed by atoms with Crippen LogP contribution in [0.3, 0.4) is 0 Å². The van der Waals surface area contributed by atoms with E-state index in [0.29, 0.717) is 12.1 Å². The first-order valence-electron chi connectivity index (χ1n) is 4.89. The molecule has 0 fully saturated rings. The van der Waals surface area contributed by atoms with Gasteiger partial charge in [-0.2, -0.15) is 35.1 Å². The van der Waals surface area contributed by atoms with Crippen molar-refractivity contribution < 1.29 is 39.9 Å². The molecule has 1 rings (SSSR count). The highest BCUT2D eigenvalue weighted by Gasteiger charge is 2.63. The van der Waals surface area contributed by atoms with Gasteiger partial charge in [-0.3, -0.25) is 4.79 Å². The fraction of sp³-hybridized carbons (Fsp3) is 0.300. The molecule has 0 aliphatic rings. The van der Waals surface area contributed by atoms with Crippen molar-refractivity contribution in [2.45, 2.75) is 18.3 Å². The maximum atomic E-state index is 12.7. The Balaban J connectivity index is 3.18. The van der Waals surface area contributed by atoms with Crippen molar-refractivity contribution in [3.63, 3.8) is 0 Å². The van der Waals surface area contributed by atoms with Crippen LogP contribution in [0.2, 0.25) is 0 Å². The van der Waals surface area contributed by atoms with Crippen LogP contribution in [-0.4, -0.2) is 18.0 Å². The summed E-state index contributed by atoms with van der Waals surface area (Å²) >= 11 is 2.69. The molecule has 1 N–H and O–H groups in total. The number of amides is 1. The topological polar surface area (TPSA) is 29.1 Å².